The third-order valence-electron chi connectivity index (χ3n) is 5.63. The Hall–Kier alpha value is -1.45. The van der Waals surface area contributed by atoms with E-state index in [1.54, 1.807) is 0 Å². The first-order valence-corrected chi connectivity index (χ1v) is 11.5. The van der Waals surface area contributed by atoms with E-state index >= 15 is 0 Å². The fourth-order valence-electron chi connectivity index (χ4n) is 3.95. The van der Waals surface area contributed by atoms with Crippen LogP contribution in [0.1, 0.15) is 38.5 Å². The molecule has 146 valence electrons. The molecule has 1 saturated carbocycles. The van der Waals surface area contributed by atoms with E-state index in [-0.39, 0.29) is 0 Å². The van der Waals surface area contributed by atoms with E-state index in [2.05, 4.69) is 77.5 Å². The summed E-state index contributed by atoms with van der Waals surface area (Å²) in [5.41, 5.74) is 1.36. The smallest absolute Gasteiger partial charge is 0.0366 e. The minimum absolute atomic E-state index is 0.796. The number of anilines is 1. The summed E-state index contributed by atoms with van der Waals surface area (Å²) in [5.74, 6) is 1.17. The van der Waals surface area contributed by atoms with E-state index < -0.39 is 0 Å². The monoisotopic (exact) mass is 382 g/mol. The minimum atomic E-state index is 0.796. The second-order valence-corrected chi connectivity index (χ2v) is 8.78. The van der Waals surface area contributed by atoms with Crippen LogP contribution in [0.2, 0.25) is 0 Å². The van der Waals surface area contributed by atoms with E-state index in [0.29, 0.717) is 0 Å². The predicted molar refractivity (Wildman–Crippen MR) is 120 cm³/mol. The summed E-state index contributed by atoms with van der Waals surface area (Å²) >= 11 is 1.97. The molecule has 2 aromatic rings. The molecule has 2 aromatic carbocycles. The van der Waals surface area contributed by atoms with E-state index in [1.807, 2.05) is 11.8 Å². The van der Waals surface area contributed by atoms with Crippen molar-refractivity contribution in [2.75, 3.05) is 37.3 Å². The first-order chi connectivity index (χ1) is 13.3. The average Bonchev–Trinajstić information content (AvgIpc) is 2.75. The molecule has 3 heteroatoms. The number of thioether (sulfide) groups is 1. The Bertz CT molecular complexity index is 625. The number of benzene rings is 2. The second kappa shape index (κ2) is 11.4. The highest BCUT2D eigenvalue weighted by Gasteiger charge is 2.18. The highest BCUT2D eigenvalue weighted by molar-refractivity contribution is 7.99. The minimum Gasteiger partial charge on any atom is -0.370 e. The molecule has 0 saturated heterocycles. The molecule has 0 atom stereocenters. The van der Waals surface area contributed by atoms with Crippen LogP contribution in [-0.2, 0) is 0 Å². The van der Waals surface area contributed by atoms with Gasteiger partial charge in [-0.1, -0.05) is 55.7 Å². The molecule has 0 bridgehead atoms. The van der Waals surface area contributed by atoms with Crippen LogP contribution in [0.5, 0.6) is 0 Å². The summed E-state index contributed by atoms with van der Waals surface area (Å²) < 4.78 is 0. The number of para-hydroxylation sites is 1. The van der Waals surface area contributed by atoms with Crippen LogP contribution in [0.25, 0.3) is 0 Å². The normalized spacial score (nSPS) is 15.2. The van der Waals surface area contributed by atoms with Gasteiger partial charge in [0.2, 0.25) is 0 Å². The number of nitrogens with zero attached hydrogens (tertiary/aromatic N) is 2. The van der Waals surface area contributed by atoms with Crippen molar-refractivity contribution in [1.82, 2.24) is 4.90 Å². The van der Waals surface area contributed by atoms with Crippen LogP contribution in [0.15, 0.2) is 65.6 Å². The summed E-state index contributed by atoms with van der Waals surface area (Å²) in [7, 11) is 2.32. The van der Waals surface area contributed by atoms with Crippen LogP contribution >= 0.6 is 11.8 Å². The molecular formula is C24H34N2S. The van der Waals surface area contributed by atoms with Crippen LogP contribution in [-0.4, -0.2) is 43.4 Å². The summed E-state index contributed by atoms with van der Waals surface area (Å²) in [4.78, 5) is 6.55. The lowest BCUT2D eigenvalue weighted by atomic mass is 9.94. The standard InChI is InChI=1S/C24H34N2S/c1-25(22-12-5-2-6-13-22)19-20-26(23-14-7-3-8-15-23)18-11-21-27-24-16-9-4-10-17-24/h3-4,7-10,14-17,22H,2,5-6,11-13,18-21H2,1H3. The van der Waals surface area contributed by atoms with E-state index in [0.717, 1.165) is 25.7 Å². The highest BCUT2D eigenvalue weighted by atomic mass is 32.2. The van der Waals surface area contributed by atoms with Crippen LogP contribution in [0.4, 0.5) is 5.69 Å². The quantitative estimate of drug-likeness (QED) is 0.371. The third-order valence-corrected chi connectivity index (χ3v) is 6.72. The van der Waals surface area contributed by atoms with Crippen molar-refractivity contribution >= 4 is 17.4 Å². The molecule has 0 N–H and O–H groups in total. The molecule has 1 aliphatic carbocycles. The fraction of sp³-hybridized carbons (Fsp3) is 0.500. The van der Waals surface area contributed by atoms with Gasteiger partial charge in [0.05, 0.1) is 0 Å². The molecule has 0 aromatic heterocycles. The van der Waals surface area contributed by atoms with Crippen LogP contribution < -0.4 is 4.90 Å². The van der Waals surface area contributed by atoms with Gasteiger partial charge >= 0.3 is 0 Å². The van der Waals surface area contributed by atoms with Gasteiger partial charge in [0.1, 0.15) is 0 Å². The Morgan fingerprint density at radius 1 is 0.815 bits per heavy atom. The first-order valence-electron chi connectivity index (χ1n) is 10.5. The summed E-state index contributed by atoms with van der Waals surface area (Å²) in [5, 5.41) is 0. The van der Waals surface area contributed by atoms with Gasteiger partial charge in [0.15, 0.2) is 0 Å². The number of hydrogen-bond donors (Lipinski definition) is 0. The lowest BCUT2D eigenvalue weighted by molar-refractivity contribution is 0.195. The molecular weight excluding hydrogens is 348 g/mol. The van der Waals surface area contributed by atoms with Crippen molar-refractivity contribution in [3.05, 3.63) is 60.7 Å². The number of rotatable bonds is 10. The van der Waals surface area contributed by atoms with E-state index in [9.17, 15) is 0 Å². The summed E-state index contributed by atoms with van der Waals surface area (Å²) in [6, 6.07) is 22.5. The SMILES string of the molecule is CN(CCN(CCCSc1ccccc1)c1ccccc1)C1CCCCC1. The molecule has 0 amide bonds. The second-order valence-electron chi connectivity index (χ2n) is 7.61. The van der Waals surface area contributed by atoms with Crippen molar-refractivity contribution in [3.63, 3.8) is 0 Å². The summed E-state index contributed by atoms with van der Waals surface area (Å²) in [6.45, 7) is 3.40. The first kappa shape index (κ1) is 20.3. The zero-order valence-electron chi connectivity index (χ0n) is 16.7. The largest absolute Gasteiger partial charge is 0.370 e. The molecule has 0 aliphatic heterocycles. The zero-order valence-corrected chi connectivity index (χ0v) is 17.5. The van der Waals surface area contributed by atoms with Crippen molar-refractivity contribution in [2.24, 2.45) is 0 Å². The van der Waals surface area contributed by atoms with Crippen molar-refractivity contribution in [3.8, 4) is 0 Å². The predicted octanol–water partition coefficient (Wildman–Crippen LogP) is 5.94. The van der Waals surface area contributed by atoms with Crippen molar-refractivity contribution in [2.45, 2.75) is 49.5 Å². The molecule has 1 fully saturated rings. The van der Waals surface area contributed by atoms with Gasteiger partial charge in [0, 0.05) is 36.3 Å². The molecule has 0 heterocycles. The maximum Gasteiger partial charge on any atom is 0.0366 e. The average molecular weight is 383 g/mol. The lowest BCUT2D eigenvalue weighted by Crippen LogP contribution is -2.40. The molecule has 3 rings (SSSR count). The van der Waals surface area contributed by atoms with Crippen molar-refractivity contribution in [1.29, 1.82) is 0 Å². The van der Waals surface area contributed by atoms with Crippen molar-refractivity contribution < 1.29 is 0 Å². The highest BCUT2D eigenvalue weighted by Crippen LogP contribution is 2.22. The molecule has 0 radical (unpaired) electrons. The molecule has 27 heavy (non-hydrogen) atoms. The van der Waals surface area contributed by atoms with Crippen LogP contribution in [0.3, 0.4) is 0 Å². The van der Waals surface area contributed by atoms with Gasteiger partial charge in [-0.3, -0.25) is 0 Å². The third kappa shape index (κ3) is 6.90. The molecule has 2 nitrogen and oxygen atoms in total. The lowest BCUT2D eigenvalue weighted by Gasteiger charge is -2.33. The number of hydrogen-bond acceptors (Lipinski definition) is 3. The maximum absolute atomic E-state index is 2.60. The molecule has 1 aliphatic rings. The molecule has 0 unspecified atom stereocenters. The van der Waals surface area contributed by atoms with Crippen LogP contribution in [0, 0.1) is 0 Å². The Kier molecular flexibility index (Phi) is 8.57. The van der Waals surface area contributed by atoms with E-state index in [4.69, 9.17) is 0 Å². The summed E-state index contributed by atoms with van der Waals surface area (Å²) in [6.07, 6.45) is 8.23. The van der Waals surface area contributed by atoms with Gasteiger partial charge in [-0.05, 0) is 56.3 Å². The van der Waals surface area contributed by atoms with E-state index in [1.165, 1.54) is 54.9 Å². The Balaban J connectivity index is 1.48. The van der Waals surface area contributed by atoms with Gasteiger partial charge in [-0.2, -0.15) is 0 Å². The van der Waals surface area contributed by atoms with Gasteiger partial charge < -0.3 is 9.80 Å². The zero-order chi connectivity index (χ0) is 18.7. The topological polar surface area (TPSA) is 6.48 Å². The van der Waals surface area contributed by atoms with Gasteiger partial charge in [-0.15, -0.1) is 11.8 Å². The Labute approximate surface area is 170 Å². The Morgan fingerprint density at radius 3 is 2.19 bits per heavy atom. The fourth-order valence-corrected chi connectivity index (χ4v) is 4.81. The maximum atomic E-state index is 2.60. The number of likely N-dealkylation sites (N-methyl/N-ethyl adjacent to an activating group) is 1. The Morgan fingerprint density at radius 2 is 1.48 bits per heavy atom. The van der Waals surface area contributed by atoms with Gasteiger partial charge in [0.25, 0.3) is 0 Å². The van der Waals surface area contributed by atoms with Gasteiger partial charge in [-0.25, -0.2) is 0 Å². The molecule has 0 spiro atoms.